The standard InChI is InChI=1S/C11H15BO3/c1-15-10-7-6-8-4-2-3-5-9(8)11(10)12(13)14/h6-7,13-14H,2-5H2,1H3. The maximum Gasteiger partial charge on any atom is 0.492 e. The number of ether oxygens (including phenoxy) is 1. The van der Waals surface area contributed by atoms with E-state index in [1.165, 1.54) is 12.0 Å². The monoisotopic (exact) mass is 206 g/mol. The Bertz CT molecular complexity index is 363. The van der Waals surface area contributed by atoms with Crippen molar-refractivity contribution >= 4 is 12.6 Å². The van der Waals surface area contributed by atoms with Crippen LogP contribution >= 0.6 is 0 Å². The first-order chi connectivity index (χ1) is 7.24. The average Bonchev–Trinajstić information content (AvgIpc) is 2.27. The van der Waals surface area contributed by atoms with Gasteiger partial charge < -0.3 is 14.8 Å². The topological polar surface area (TPSA) is 49.7 Å². The molecule has 0 aliphatic heterocycles. The molecule has 1 aliphatic carbocycles. The lowest BCUT2D eigenvalue weighted by Crippen LogP contribution is -2.36. The van der Waals surface area contributed by atoms with Gasteiger partial charge >= 0.3 is 7.12 Å². The lowest BCUT2D eigenvalue weighted by atomic mass is 9.72. The van der Waals surface area contributed by atoms with Crippen molar-refractivity contribution in [3.63, 3.8) is 0 Å². The third kappa shape index (κ3) is 1.87. The first-order valence-electron chi connectivity index (χ1n) is 5.29. The molecule has 2 rings (SSSR count). The highest BCUT2D eigenvalue weighted by Gasteiger charge is 2.24. The van der Waals surface area contributed by atoms with E-state index >= 15 is 0 Å². The van der Waals surface area contributed by atoms with Crippen molar-refractivity contribution < 1.29 is 14.8 Å². The van der Waals surface area contributed by atoms with Gasteiger partial charge in [0.2, 0.25) is 0 Å². The van der Waals surface area contributed by atoms with Gasteiger partial charge in [0.25, 0.3) is 0 Å². The van der Waals surface area contributed by atoms with Gasteiger partial charge in [0, 0.05) is 5.46 Å². The average molecular weight is 206 g/mol. The molecular formula is C11H15BO3. The summed E-state index contributed by atoms with van der Waals surface area (Å²) in [6, 6.07) is 3.85. The van der Waals surface area contributed by atoms with Crippen LogP contribution in [0.15, 0.2) is 12.1 Å². The summed E-state index contributed by atoms with van der Waals surface area (Å²) in [7, 11) is 0.115. The van der Waals surface area contributed by atoms with Crippen molar-refractivity contribution in [1.82, 2.24) is 0 Å². The predicted octanol–water partition coefficient (Wildman–Crippen LogP) is 0.254. The second-order valence-electron chi connectivity index (χ2n) is 3.90. The van der Waals surface area contributed by atoms with E-state index in [2.05, 4.69) is 0 Å². The molecule has 0 heterocycles. The summed E-state index contributed by atoms with van der Waals surface area (Å²) in [5.74, 6) is 0.575. The summed E-state index contributed by atoms with van der Waals surface area (Å²) in [4.78, 5) is 0. The predicted molar refractivity (Wildman–Crippen MR) is 59.5 cm³/mol. The van der Waals surface area contributed by atoms with Crippen molar-refractivity contribution in [3.8, 4) is 5.75 Å². The van der Waals surface area contributed by atoms with E-state index in [1.54, 1.807) is 7.11 Å². The molecule has 0 aromatic heterocycles. The van der Waals surface area contributed by atoms with Crippen molar-refractivity contribution in [2.24, 2.45) is 0 Å². The highest BCUT2D eigenvalue weighted by Crippen LogP contribution is 2.23. The van der Waals surface area contributed by atoms with E-state index in [0.29, 0.717) is 11.2 Å². The molecule has 3 nitrogen and oxygen atoms in total. The van der Waals surface area contributed by atoms with Crippen LogP contribution in [0.4, 0.5) is 0 Å². The first-order valence-corrected chi connectivity index (χ1v) is 5.29. The van der Waals surface area contributed by atoms with Crippen LogP contribution in [-0.4, -0.2) is 24.3 Å². The molecule has 0 saturated carbocycles. The van der Waals surface area contributed by atoms with E-state index in [1.807, 2.05) is 12.1 Å². The highest BCUT2D eigenvalue weighted by atomic mass is 16.5. The summed E-state index contributed by atoms with van der Waals surface area (Å²) in [5, 5.41) is 18.7. The number of benzene rings is 1. The molecule has 15 heavy (non-hydrogen) atoms. The minimum Gasteiger partial charge on any atom is -0.497 e. The molecule has 0 spiro atoms. The van der Waals surface area contributed by atoms with Gasteiger partial charge in [-0.1, -0.05) is 6.07 Å². The molecule has 2 N–H and O–H groups in total. The summed E-state index contributed by atoms with van der Waals surface area (Å²) in [6.07, 6.45) is 4.23. The quantitative estimate of drug-likeness (QED) is 0.682. The van der Waals surface area contributed by atoms with E-state index in [9.17, 15) is 10.0 Å². The fraction of sp³-hybridized carbons (Fsp3) is 0.455. The summed E-state index contributed by atoms with van der Waals surface area (Å²) in [5.41, 5.74) is 2.84. The second-order valence-corrected chi connectivity index (χ2v) is 3.90. The van der Waals surface area contributed by atoms with Gasteiger partial charge in [-0.15, -0.1) is 0 Å². The maximum absolute atomic E-state index is 9.37. The lowest BCUT2D eigenvalue weighted by molar-refractivity contribution is 0.401. The van der Waals surface area contributed by atoms with Gasteiger partial charge in [0.1, 0.15) is 5.75 Å². The largest absolute Gasteiger partial charge is 0.497 e. The molecular weight excluding hydrogens is 191 g/mol. The van der Waals surface area contributed by atoms with Crippen LogP contribution in [0.3, 0.4) is 0 Å². The van der Waals surface area contributed by atoms with Crippen LogP contribution in [0.1, 0.15) is 24.0 Å². The van der Waals surface area contributed by atoms with Crippen LogP contribution in [-0.2, 0) is 12.8 Å². The Kier molecular flexibility index (Phi) is 2.98. The normalized spacial score (nSPS) is 14.6. The van der Waals surface area contributed by atoms with Gasteiger partial charge in [-0.25, -0.2) is 0 Å². The van der Waals surface area contributed by atoms with Gasteiger partial charge in [-0.2, -0.15) is 0 Å². The zero-order valence-electron chi connectivity index (χ0n) is 8.86. The maximum atomic E-state index is 9.37. The molecule has 1 aromatic carbocycles. The van der Waals surface area contributed by atoms with Crippen molar-refractivity contribution in [3.05, 3.63) is 23.3 Å². The van der Waals surface area contributed by atoms with Crippen LogP contribution < -0.4 is 10.2 Å². The Balaban J connectivity index is 2.54. The van der Waals surface area contributed by atoms with Gasteiger partial charge in [0.05, 0.1) is 7.11 Å². The van der Waals surface area contributed by atoms with Crippen molar-refractivity contribution in [2.45, 2.75) is 25.7 Å². The lowest BCUT2D eigenvalue weighted by Gasteiger charge is -2.21. The van der Waals surface area contributed by atoms with E-state index in [-0.39, 0.29) is 0 Å². The summed E-state index contributed by atoms with van der Waals surface area (Å²) >= 11 is 0. The van der Waals surface area contributed by atoms with Gasteiger partial charge in [0.15, 0.2) is 0 Å². The third-order valence-electron chi connectivity index (χ3n) is 3.02. The van der Waals surface area contributed by atoms with E-state index in [4.69, 9.17) is 4.74 Å². The molecule has 0 radical (unpaired) electrons. The van der Waals surface area contributed by atoms with Crippen molar-refractivity contribution in [1.29, 1.82) is 0 Å². The summed E-state index contributed by atoms with van der Waals surface area (Å²) in [6.45, 7) is 0. The first kappa shape index (κ1) is 10.5. The number of methoxy groups -OCH3 is 1. The van der Waals surface area contributed by atoms with Crippen LogP contribution in [0.25, 0.3) is 0 Å². The van der Waals surface area contributed by atoms with E-state index < -0.39 is 7.12 Å². The van der Waals surface area contributed by atoms with Crippen LogP contribution in [0, 0.1) is 0 Å². The zero-order chi connectivity index (χ0) is 10.8. The Labute approximate surface area is 89.8 Å². The molecule has 0 bridgehead atoms. The van der Waals surface area contributed by atoms with Gasteiger partial charge in [-0.05, 0) is 42.9 Å². The number of aryl methyl sites for hydroxylation is 1. The molecule has 0 atom stereocenters. The minimum absolute atomic E-state index is 0.551. The molecule has 0 amide bonds. The molecule has 1 aromatic rings. The minimum atomic E-state index is -1.44. The van der Waals surface area contributed by atoms with Crippen molar-refractivity contribution in [2.75, 3.05) is 7.11 Å². The third-order valence-corrected chi connectivity index (χ3v) is 3.02. The number of hydrogen-bond donors (Lipinski definition) is 2. The number of fused-ring (bicyclic) bond motifs is 1. The Morgan fingerprint density at radius 1 is 1.20 bits per heavy atom. The second kappa shape index (κ2) is 4.25. The zero-order valence-corrected chi connectivity index (χ0v) is 8.86. The molecule has 0 saturated heterocycles. The number of rotatable bonds is 2. The molecule has 4 heteroatoms. The Hall–Kier alpha value is -0.995. The molecule has 0 fully saturated rings. The van der Waals surface area contributed by atoms with E-state index in [0.717, 1.165) is 24.8 Å². The van der Waals surface area contributed by atoms with Crippen LogP contribution in [0.2, 0.25) is 0 Å². The molecule has 0 unspecified atom stereocenters. The number of hydrogen-bond acceptors (Lipinski definition) is 3. The fourth-order valence-corrected chi connectivity index (χ4v) is 2.30. The fourth-order valence-electron chi connectivity index (χ4n) is 2.30. The SMILES string of the molecule is COc1ccc2c(c1B(O)O)CCCC2. The Morgan fingerprint density at radius 3 is 2.60 bits per heavy atom. The molecule has 80 valence electrons. The highest BCUT2D eigenvalue weighted by molar-refractivity contribution is 6.60. The van der Waals surface area contributed by atoms with Crippen LogP contribution in [0.5, 0.6) is 5.75 Å². The Morgan fingerprint density at radius 2 is 1.93 bits per heavy atom. The smallest absolute Gasteiger partial charge is 0.492 e. The van der Waals surface area contributed by atoms with Gasteiger partial charge in [-0.3, -0.25) is 0 Å². The summed E-state index contributed by atoms with van der Waals surface area (Å²) < 4.78 is 5.15. The molecule has 1 aliphatic rings.